The number of hydrogen-bond donors (Lipinski definition) is 2. The summed E-state index contributed by atoms with van der Waals surface area (Å²) < 4.78 is 0. The van der Waals surface area contributed by atoms with Gasteiger partial charge in [-0.3, -0.25) is 4.79 Å². The van der Waals surface area contributed by atoms with Gasteiger partial charge in [0.2, 0.25) is 0 Å². The van der Waals surface area contributed by atoms with Crippen LogP contribution in [0.1, 0.15) is 27.2 Å². The molecule has 6 heteroatoms. The zero-order chi connectivity index (χ0) is 13.9. The summed E-state index contributed by atoms with van der Waals surface area (Å²) in [5.74, 6) is -0.775. The lowest BCUT2D eigenvalue weighted by atomic mass is 10.0. The molecule has 0 saturated carbocycles. The number of amides is 2. The Bertz CT molecular complexity index is 319. The van der Waals surface area contributed by atoms with E-state index in [0.29, 0.717) is 6.54 Å². The summed E-state index contributed by atoms with van der Waals surface area (Å²) >= 11 is 0. The molecular weight excluding hydrogens is 236 g/mol. The molecule has 1 saturated heterocycles. The van der Waals surface area contributed by atoms with E-state index in [2.05, 4.69) is 0 Å². The van der Waals surface area contributed by atoms with Crippen molar-refractivity contribution in [2.75, 3.05) is 19.7 Å². The number of carbonyl (C=O) groups excluding carboxylic acids is 1. The Morgan fingerprint density at radius 3 is 2.50 bits per heavy atom. The summed E-state index contributed by atoms with van der Waals surface area (Å²) in [5, 5.41) is 18.2. The number of likely N-dealkylation sites (tertiary alicyclic amines) is 1. The van der Waals surface area contributed by atoms with Crippen LogP contribution < -0.4 is 0 Å². The van der Waals surface area contributed by atoms with Crippen molar-refractivity contribution in [2.24, 2.45) is 5.92 Å². The number of urea groups is 1. The second-order valence-electron chi connectivity index (χ2n) is 5.11. The Kier molecular flexibility index (Phi) is 4.95. The molecule has 0 aromatic rings. The highest BCUT2D eigenvalue weighted by Gasteiger charge is 2.37. The highest BCUT2D eigenvalue weighted by Crippen LogP contribution is 2.25. The lowest BCUT2D eigenvalue weighted by Gasteiger charge is -2.33. The number of carbonyl (C=O) groups is 2. The van der Waals surface area contributed by atoms with Gasteiger partial charge < -0.3 is 20.0 Å². The number of carboxylic acids is 1. The van der Waals surface area contributed by atoms with Gasteiger partial charge in [-0.2, -0.15) is 0 Å². The van der Waals surface area contributed by atoms with E-state index < -0.39 is 5.97 Å². The number of aliphatic hydroxyl groups excluding tert-OH is 1. The summed E-state index contributed by atoms with van der Waals surface area (Å²) in [6.45, 7) is 5.76. The molecule has 2 amide bonds. The Balaban J connectivity index is 2.80. The molecule has 1 aliphatic rings. The van der Waals surface area contributed by atoms with Gasteiger partial charge in [0.1, 0.15) is 6.54 Å². The first kappa shape index (κ1) is 14.8. The van der Waals surface area contributed by atoms with E-state index in [0.717, 1.165) is 6.42 Å². The number of aliphatic hydroxyl groups is 1. The number of rotatable bonds is 4. The van der Waals surface area contributed by atoms with Crippen LogP contribution in [0.5, 0.6) is 0 Å². The molecule has 2 atom stereocenters. The predicted molar refractivity (Wildman–Crippen MR) is 66.2 cm³/mol. The second kappa shape index (κ2) is 6.04. The van der Waals surface area contributed by atoms with Crippen LogP contribution in [0.15, 0.2) is 0 Å². The lowest BCUT2D eigenvalue weighted by molar-refractivity contribution is -0.138. The summed E-state index contributed by atoms with van der Waals surface area (Å²) in [4.78, 5) is 26.0. The number of hydrogen-bond acceptors (Lipinski definition) is 3. The van der Waals surface area contributed by atoms with Crippen LogP contribution in [0.3, 0.4) is 0 Å². The van der Waals surface area contributed by atoms with Crippen molar-refractivity contribution in [3.63, 3.8) is 0 Å². The van der Waals surface area contributed by atoms with Crippen LogP contribution in [0.25, 0.3) is 0 Å². The summed E-state index contributed by atoms with van der Waals surface area (Å²) in [5.41, 5.74) is 0. The molecule has 0 aromatic heterocycles. The van der Waals surface area contributed by atoms with Crippen LogP contribution >= 0.6 is 0 Å². The van der Waals surface area contributed by atoms with Gasteiger partial charge >= 0.3 is 12.0 Å². The van der Waals surface area contributed by atoms with Crippen molar-refractivity contribution in [1.29, 1.82) is 0 Å². The van der Waals surface area contributed by atoms with Crippen molar-refractivity contribution in [1.82, 2.24) is 9.80 Å². The first-order chi connectivity index (χ1) is 8.38. The van der Waals surface area contributed by atoms with Gasteiger partial charge in [-0.25, -0.2) is 4.79 Å². The molecule has 104 valence electrons. The minimum Gasteiger partial charge on any atom is -0.480 e. The van der Waals surface area contributed by atoms with Gasteiger partial charge in [0.15, 0.2) is 0 Å². The molecule has 0 aliphatic carbocycles. The fraction of sp³-hybridized carbons (Fsp3) is 0.833. The first-order valence-electron chi connectivity index (χ1n) is 6.28. The van der Waals surface area contributed by atoms with Gasteiger partial charge in [0.25, 0.3) is 0 Å². The quantitative estimate of drug-likeness (QED) is 0.774. The number of carboxylic acid groups (broad SMARTS) is 1. The van der Waals surface area contributed by atoms with E-state index in [4.69, 9.17) is 5.11 Å². The molecule has 2 N–H and O–H groups in total. The second-order valence-corrected chi connectivity index (χ2v) is 5.11. The van der Waals surface area contributed by atoms with E-state index in [1.54, 1.807) is 18.7 Å². The molecule has 0 bridgehead atoms. The monoisotopic (exact) mass is 258 g/mol. The Hall–Kier alpha value is -1.30. The molecular formula is C12H22N2O4. The molecule has 1 fully saturated rings. The molecule has 1 rings (SSSR count). The van der Waals surface area contributed by atoms with Gasteiger partial charge in [-0.05, 0) is 26.2 Å². The maximum atomic E-state index is 12.3. The van der Waals surface area contributed by atoms with Crippen LogP contribution in [-0.4, -0.2) is 63.8 Å². The number of nitrogens with zero attached hydrogens (tertiary/aromatic N) is 2. The maximum absolute atomic E-state index is 12.3. The largest absolute Gasteiger partial charge is 0.480 e. The molecule has 0 radical (unpaired) electrons. The minimum absolute atomic E-state index is 0.0775. The van der Waals surface area contributed by atoms with Crippen molar-refractivity contribution >= 4 is 12.0 Å². The van der Waals surface area contributed by atoms with E-state index >= 15 is 0 Å². The molecule has 1 heterocycles. The summed E-state index contributed by atoms with van der Waals surface area (Å²) in [6.07, 6.45) is 0.843. The van der Waals surface area contributed by atoms with Crippen molar-refractivity contribution in [3.8, 4) is 0 Å². The van der Waals surface area contributed by atoms with Gasteiger partial charge in [0.05, 0.1) is 12.6 Å². The van der Waals surface area contributed by atoms with Crippen molar-refractivity contribution in [3.05, 3.63) is 0 Å². The molecule has 2 unspecified atom stereocenters. The zero-order valence-corrected chi connectivity index (χ0v) is 11.2. The smallest absolute Gasteiger partial charge is 0.323 e. The Morgan fingerprint density at radius 1 is 1.44 bits per heavy atom. The third-order valence-corrected chi connectivity index (χ3v) is 3.49. The maximum Gasteiger partial charge on any atom is 0.323 e. The summed E-state index contributed by atoms with van der Waals surface area (Å²) in [6, 6.07) is -0.674. The normalized spacial score (nSPS) is 23.5. The Labute approximate surface area is 107 Å². The third kappa shape index (κ3) is 3.13. The minimum atomic E-state index is -1.02. The Morgan fingerprint density at radius 2 is 2.06 bits per heavy atom. The van der Waals surface area contributed by atoms with Crippen molar-refractivity contribution < 1.29 is 19.8 Å². The zero-order valence-electron chi connectivity index (χ0n) is 11.2. The predicted octanol–water partition coefficient (Wildman–Crippen LogP) is 0.604. The number of aliphatic carboxylic acids is 1. The first-order valence-corrected chi connectivity index (χ1v) is 6.28. The topological polar surface area (TPSA) is 81.1 Å². The third-order valence-electron chi connectivity index (χ3n) is 3.49. The van der Waals surface area contributed by atoms with Crippen LogP contribution in [0.4, 0.5) is 4.79 Å². The average molecular weight is 258 g/mol. The van der Waals surface area contributed by atoms with Gasteiger partial charge in [-0.1, -0.05) is 6.92 Å². The van der Waals surface area contributed by atoms with E-state index in [-0.39, 0.29) is 37.2 Å². The molecule has 6 nitrogen and oxygen atoms in total. The van der Waals surface area contributed by atoms with Crippen LogP contribution in [-0.2, 0) is 4.79 Å². The molecule has 18 heavy (non-hydrogen) atoms. The van der Waals surface area contributed by atoms with Crippen molar-refractivity contribution in [2.45, 2.75) is 39.3 Å². The van der Waals surface area contributed by atoms with Gasteiger partial charge in [0, 0.05) is 12.6 Å². The molecule has 0 spiro atoms. The SMILES string of the molecule is CC1CCN(C(=O)N(CC(=O)O)C(C)C)C1CO. The van der Waals surface area contributed by atoms with E-state index in [9.17, 15) is 14.7 Å². The van der Waals surface area contributed by atoms with Gasteiger partial charge in [-0.15, -0.1) is 0 Å². The van der Waals surface area contributed by atoms with Crippen LogP contribution in [0.2, 0.25) is 0 Å². The fourth-order valence-corrected chi connectivity index (χ4v) is 2.31. The standard InChI is InChI=1S/C12H22N2O4/c1-8(2)14(6-11(16)17)12(18)13-5-4-9(3)10(13)7-15/h8-10,15H,4-7H2,1-3H3,(H,16,17). The lowest BCUT2D eigenvalue weighted by Crippen LogP contribution is -2.51. The highest BCUT2D eigenvalue weighted by molar-refractivity contribution is 5.81. The van der Waals surface area contributed by atoms with E-state index in [1.807, 2.05) is 6.92 Å². The fourth-order valence-electron chi connectivity index (χ4n) is 2.31. The molecule has 1 aliphatic heterocycles. The van der Waals surface area contributed by atoms with Crippen LogP contribution in [0, 0.1) is 5.92 Å². The van der Waals surface area contributed by atoms with E-state index in [1.165, 1.54) is 4.90 Å². The summed E-state index contributed by atoms with van der Waals surface area (Å²) in [7, 11) is 0. The highest BCUT2D eigenvalue weighted by atomic mass is 16.4. The average Bonchev–Trinajstić information content (AvgIpc) is 2.65. The molecule has 0 aromatic carbocycles.